The number of alkyl halides is 3. The van der Waals surface area contributed by atoms with Crippen LogP contribution in [0.15, 0.2) is 165 Å². The number of nitrogens with zero attached hydrogens (tertiary/aromatic N) is 15. The molecule has 47 heteroatoms. The molecule has 5 aliphatic rings. The molecule has 0 saturated carbocycles. The van der Waals surface area contributed by atoms with Crippen molar-refractivity contribution >= 4 is 260 Å². The van der Waals surface area contributed by atoms with Crippen LogP contribution in [-0.2, 0) is 94.4 Å². The summed E-state index contributed by atoms with van der Waals surface area (Å²) in [4.78, 5) is 60.6. The lowest BCUT2D eigenvalue weighted by Gasteiger charge is -2.08. The Bertz CT molecular complexity index is 6850. The van der Waals surface area contributed by atoms with Crippen LogP contribution in [0.25, 0.3) is 77.2 Å². The van der Waals surface area contributed by atoms with Crippen molar-refractivity contribution in [1.29, 1.82) is 0 Å². The predicted molar refractivity (Wildman–Crippen MR) is 545 cm³/mol. The van der Waals surface area contributed by atoms with Gasteiger partial charge in [-0.15, -0.1) is 108 Å². The molecule has 0 fully saturated rings. The topological polar surface area (TPSA) is 349 Å². The third-order valence-corrected chi connectivity index (χ3v) is 36.4. The van der Waals surface area contributed by atoms with E-state index < -0.39 is 41.6 Å². The Labute approximate surface area is 866 Å². The Morgan fingerprint density at radius 1 is 0.348 bits per heavy atom. The number of thioether (sulfide) groups is 5. The number of aromatic nitrogens is 15. The normalized spacial score (nSPS) is 13.2. The average Bonchev–Trinajstić information content (AvgIpc) is 1.62. The molecular formula is C88H70Br5Cl3F3N15O11S10. The van der Waals surface area contributed by atoms with Gasteiger partial charge in [0.05, 0.1) is 51.5 Å². The van der Waals surface area contributed by atoms with Gasteiger partial charge in [-0.25, -0.2) is 0 Å². The second-order valence-electron chi connectivity index (χ2n) is 30.4. The largest absolute Gasteiger partial charge is 0.497 e. The molecular weight excluding hydrogens is 2330 g/mol. The highest BCUT2D eigenvalue weighted by molar-refractivity contribution is 9.11. The number of aryl methyl sites for hydroxylation is 1. The summed E-state index contributed by atoms with van der Waals surface area (Å²) < 4.78 is 56.2. The number of thiophene rings is 5. The van der Waals surface area contributed by atoms with E-state index in [2.05, 4.69) is 174 Å². The van der Waals surface area contributed by atoms with Gasteiger partial charge in [0.1, 0.15) is 30.8 Å². The zero-order valence-electron chi connectivity index (χ0n) is 70.2. The van der Waals surface area contributed by atoms with Crippen molar-refractivity contribution in [2.45, 2.75) is 135 Å². The van der Waals surface area contributed by atoms with Gasteiger partial charge >= 0.3 is 36.0 Å². The molecule has 0 amide bonds. The van der Waals surface area contributed by atoms with Crippen LogP contribution >= 0.6 is 230 Å². The second-order valence-corrected chi connectivity index (χ2v) is 44.9. The highest BCUT2D eigenvalue weighted by Gasteiger charge is 2.36. The first-order valence-electron chi connectivity index (χ1n) is 41.0. The van der Waals surface area contributed by atoms with E-state index in [1.54, 1.807) is 57.0 Å². The molecule has 700 valence electrons. The van der Waals surface area contributed by atoms with Crippen LogP contribution in [0.1, 0.15) is 98.9 Å². The molecule has 0 bridgehead atoms. The first kappa shape index (κ1) is 100. The molecule has 135 heavy (non-hydrogen) atoms. The Hall–Kier alpha value is -7.74. The number of aliphatic carboxylic acids is 5. The Balaban J connectivity index is 0.000000123. The van der Waals surface area contributed by atoms with Crippen molar-refractivity contribution < 1.29 is 67.4 Å². The number of fused-ring (bicyclic) bond motifs is 5. The fraction of sp³-hybridized carbons (Fsp3) is 0.261. The molecule has 0 spiro atoms. The summed E-state index contributed by atoms with van der Waals surface area (Å²) in [7, 11) is 1.66. The highest BCUT2D eigenvalue weighted by atomic mass is 79.9. The van der Waals surface area contributed by atoms with Gasteiger partial charge in [-0.05, 0) is 327 Å². The zero-order chi connectivity index (χ0) is 95.4. The maximum atomic E-state index is 12.9. The monoisotopic (exact) mass is 2390 g/mol. The minimum absolute atomic E-state index is 0.0382. The minimum Gasteiger partial charge on any atom is -0.497 e. The fourth-order valence-corrected chi connectivity index (χ4v) is 30.4. The Morgan fingerprint density at radius 2 is 0.585 bits per heavy atom. The minimum atomic E-state index is -4.37. The number of carbonyl (C=O) groups is 5. The number of hydrogen-bond acceptors (Lipinski definition) is 26. The number of halogens is 11. The SMILES string of the molecule is COc1ccc(-c2sc(-n3c(Br)nnc3SCC(=O)O)c3c2CCC3)cc1.Cc1ccc(-c2sc(-n3c(Br)nnc3SCC(=O)O)c3c2CCC3)cc1.O=C(O)CSc1nnc(Br)n1-c1sc(-c2ccc(C(F)(F)F)cc2)c2c1CCC2.O=C(O)CSc1nnc(Br)n1-c1sc(-c2ccc(Cl)c(Cl)c2)c2c1CCC2.O=C(O)CSc1nnc(Br)n1-c1sc(-c2ccc(Cl)cc2)c2c1CCC2. The molecule has 0 radical (unpaired) electrons. The molecule has 26 nitrogen and oxygen atoms in total. The number of carboxylic acids is 5. The van der Waals surface area contributed by atoms with Crippen molar-refractivity contribution in [2.75, 3.05) is 35.9 Å². The van der Waals surface area contributed by atoms with E-state index in [4.69, 9.17) is 65.1 Å². The summed E-state index contributed by atoms with van der Waals surface area (Å²) in [6.07, 6.45) is 10.9. The van der Waals surface area contributed by atoms with Gasteiger partial charge in [-0.2, -0.15) is 13.2 Å². The van der Waals surface area contributed by atoms with Crippen LogP contribution in [0.3, 0.4) is 0 Å². The fourth-order valence-electron chi connectivity index (χ4n) is 16.0. The smallest absolute Gasteiger partial charge is 0.416 e. The standard InChI is InChI=1S/C18H13BrF3N3O2S2.C18H16BrN3O3S2.C18H16BrN3O2S2.C17H12BrCl2N3O2S2.C17H13BrClN3O2S2/c19-16-23-24-17(28-8-13(26)27)25(16)15-12-3-1-2-11(12)14(29-15)9-4-6-10(7-5-9)18(20,21)22;1-25-11-7-5-10(6-8-11)15-12-3-2-4-13(12)16(27-15)22-17(19)20-21-18(22)26-9-14(23)24;1-10-5-7-11(8-6-10)15-12-3-2-4-13(12)16(26-15)22-17(19)20-21-18(22)25-9-14(23)24;18-16-21-22-17(26-7-13(24)25)23(16)15-10-3-1-2-9(10)14(27-15)8-4-5-11(19)12(20)6-8;18-16-20-21-17(25-8-13(23)24)22(16)15-12-3-1-2-11(12)14(26-15)9-4-6-10(19)7-5-9/h4-7H,1-3,8H2,(H,26,27);5-8H,2-4,9H2,1H3,(H,23,24);5-8H,2-4,9H2,1H3,(H,23,24);4-6H,1-3,7H2,(H,24,25);4-7H,1-3,8H2,(H,23,24). The van der Waals surface area contributed by atoms with Crippen LogP contribution in [0.2, 0.25) is 15.1 Å². The average molecular weight is 2400 g/mol. The van der Waals surface area contributed by atoms with Crippen LogP contribution in [0, 0.1) is 6.92 Å². The van der Waals surface area contributed by atoms with Crippen molar-refractivity contribution in [2.24, 2.45) is 0 Å². The molecule has 10 aromatic heterocycles. The van der Waals surface area contributed by atoms with Crippen molar-refractivity contribution in [3.63, 3.8) is 0 Å². The summed E-state index contributed by atoms with van der Waals surface area (Å²) in [5.41, 5.74) is 18.8. The number of rotatable bonds is 26. The summed E-state index contributed by atoms with van der Waals surface area (Å²) in [6, 6.07) is 35.5. The Kier molecular flexibility index (Phi) is 33.0. The molecule has 20 rings (SSSR count). The summed E-state index contributed by atoms with van der Waals surface area (Å²) in [5, 5.41) is 95.6. The third kappa shape index (κ3) is 22.7. The van der Waals surface area contributed by atoms with Gasteiger partial charge in [0.25, 0.3) is 0 Å². The van der Waals surface area contributed by atoms with Gasteiger partial charge < -0.3 is 30.3 Å². The van der Waals surface area contributed by atoms with Crippen LogP contribution in [0.4, 0.5) is 13.2 Å². The molecule has 0 aliphatic heterocycles. The number of hydrogen-bond donors (Lipinski definition) is 5. The van der Waals surface area contributed by atoms with Crippen molar-refractivity contribution in [3.05, 3.63) is 221 Å². The molecule has 5 N–H and O–H groups in total. The van der Waals surface area contributed by atoms with Crippen LogP contribution in [0.5, 0.6) is 5.75 Å². The van der Waals surface area contributed by atoms with E-state index >= 15 is 0 Å². The molecule has 10 heterocycles. The third-order valence-electron chi connectivity index (χ3n) is 21.8. The predicted octanol–water partition coefficient (Wildman–Crippen LogP) is 25.4. The lowest BCUT2D eigenvalue weighted by Crippen LogP contribution is -2.03. The van der Waals surface area contributed by atoms with Gasteiger partial charge in [0, 0.05) is 29.4 Å². The van der Waals surface area contributed by atoms with Gasteiger partial charge in [-0.3, -0.25) is 46.8 Å². The highest BCUT2D eigenvalue weighted by Crippen LogP contribution is 2.53. The second kappa shape index (κ2) is 44.4. The lowest BCUT2D eigenvalue weighted by molar-refractivity contribution is -0.138. The van der Waals surface area contributed by atoms with Gasteiger partial charge in [0.15, 0.2) is 25.8 Å². The van der Waals surface area contributed by atoms with Crippen LogP contribution in [-0.4, -0.2) is 165 Å². The van der Waals surface area contributed by atoms with Crippen LogP contribution < -0.4 is 4.74 Å². The van der Waals surface area contributed by atoms with Gasteiger partial charge in [-0.1, -0.05) is 154 Å². The number of benzene rings is 5. The first-order chi connectivity index (χ1) is 64.9. The molecule has 0 unspecified atom stereocenters. The Morgan fingerprint density at radius 3 is 0.837 bits per heavy atom. The molecule has 0 atom stereocenters. The summed E-state index contributed by atoms with van der Waals surface area (Å²) in [6.45, 7) is 2.09. The molecule has 15 aromatic rings. The molecule has 5 aromatic carbocycles. The first-order valence-corrected chi connectivity index (χ1v) is 55.1. The summed E-state index contributed by atoms with van der Waals surface area (Å²) >= 11 is 49.5. The molecule has 5 aliphatic carbocycles. The number of ether oxygens (including phenoxy) is 1. The van der Waals surface area contributed by atoms with Gasteiger partial charge in [0.2, 0.25) is 23.7 Å². The van der Waals surface area contributed by atoms with Crippen molar-refractivity contribution in [1.82, 2.24) is 73.8 Å². The number of carboxylic acid groups (broad SMARTS) is 5. The zero-order valence-corrected chi connectivity index (χ0v) is 88.6. The maximum absolute atomic E-state index is 12.9. The van der Waals surface area contributed by atoms with E-state index in [1.807, 2.05) is 72.9 Å². The van der Waals surface area contributed by atoms with E-state index in [0.717, 1.165) is 211 Å². The summed E-state index contributed by atoms with van der Waals surface area (Å²) in [5.74, 6) is -3.99. The molecule has 0 saturated heterocycles. The van der Waals surface area contributed by atoms with Crippen molar-refractivity contribution in [3.8, 4) is 83.0 Å². The van der Waals surface area contributed by atoms with E-state index in [0.29, 0.717) is 59.5 Å². The maximum Gasteiger partial charge on any atom is 0.416 e. The quantitative estimate of drug-likeness (QED) is 0.0314. The van der Waals surface area contributed by atoms with E-state index in [9.17, 15) is 37.1 Å². The van der Waals surface area contributed by atoms with E-state index in [1.165, 1.54) is 129 Å². The lowest BCUT2D eigenvalue weighted by atomic mass is 10.1. The van der Waals surface area contributed by atoms with E-state index in [-0.39, 0.29) is 28.8 Å². The number of methoxy groups -OCH3 is 1.